The van der Waals surface area contributed by atoms with Crippen molar-refractivity contribution in [3.05, 3.63) is 0 Å². The van der Waals surface area contributed by atoms with Gasteiger partial charge < -0.3 is 15.0 Å². The third kappa shape index (κ3) is 3.81. The van der Waals surface area contributed by atoms with Crippen LogP contribution in [0.3, 0.4) is 0 Å². The fourth-order valence-electron chi connectivity index (χ4n) is 4.28. The Bertz CT molecular complexity index is 557. The fourth-order valence-corrected chi connectivity index (χ4v) is 4.28. The third-order valence-corrected chi connectivity index (χ3v) is 5.42. The minimum atomic E-state index is -0.489. The highest BCUT2D eigenvalue weighted by molar-refractivity contribution is 6.00. The van der Waals surface area contributed by atoms with Crippen LogP contribution in [0.15, 0.2) is 0 Å². The maximum atomic E-state index is 12.5. The molecule has 0 radical (unpaired) electrons. The molecule has 3 aliphatic rings. The van der Waals surface area contributed by atoms with Crippen LogP contribution in [-0.4, -0.2) is 64.5 Å². The first-order chi connectivity index (χ1) is 11.7. The van der Waals surface area contributed by atoms with Gasteiger partial charge in [0, 0.05) is 31.6 Å². The normalized spacial score (nSPS) is 33.0. The van der Waals surface area contributed by atoms with Crippen LogP contribution in [0.5, 0.6) is 0 Å². The number of imide groups is 1. The number of likely N-dealkylation sites (tertiary alicyclic amines) is 1. The molecule has 3 rings (SSSR count). The fraction of sp³-hybridized carbons (Fsp3) is 0.833. The van der Waals surface area contributed by atoms with Crippen molar-refractivity contribution in [1.29, 1.82) is 0 Å². The van der Waals surface area contributed by atoms with Gasteiger partial charge in [-0.15, -0.1) is 0 Å². The number of ether oxygens (including phenoxy) is 1. The Morgan fingerprint density at radius 2 is 1.72 bits per heavy atom. The number of nitrogens with zero attached hydrogens (tertiary/aromatic N) is 2. The van der Waals surface area contributed by atoms with Crippen molar-refractivity contribution in [2.45, 2.75) is 89.1 Å². The number of likely N-dealkylation sites (N-methyl/N-ethyl adjacent to an activating group) is 1. The first kappa shape index (κ1) is 18.2. The lowest BCUT2D eigenvalue weighted by Gasteiger charge is -2.41. The number of rotatable bonds is 2. The Morgan fingerprint density at radius 1 is 1.12 bits per heavy atom. The van der Waals surface area contributed by atoms with Gasteiger partial charge in [-0.2, -0.15) is 0 Å². The van der Waals surface area contributed by atoms with Gasteiger partial charge in [-0.1, -0.05) is 0 Å². The maximum absolute atomic E-state index is 12.5. The Labute approximate surface area is 149 Å². The first-order valence-corrected chi connectivity index (χ1v) is 9.23. The predicted molar refractivity (Wildman–Crippen MR) is 91.8 cm³/mol. The van der Waals surface area contributed by atoms with Crippen molar-refractivity contribution < 1.29 is 19.1 Å². The van der Waals surface area contributed by atoms with Gasteiger partial charge in [0.05, 0.1) is 6.04 Å². The molecule has 7 nitrogen and oxygen atoms in total. The van der Waals surface area contributed by atoms with Crippen LogP contribution in [0.25, 0.3) is 0 Å². The zero-order valence-corrected chi connectivity index (χ0v) is 15.6. The summed E-state index contributed by atoms with van der Waals surface area (Å²) in [6, 6.07) is 0.250. The highest BCUT2D eigenvalue weighted by Gasteiger charge is 2.46. The van der Waals surface area contributed by atoms with Gasteiger partial charge in [0.2, 0.25) is 11.8 Å². The van der Waals surface area contributed by atoms with E-state index in [0.29, 0.717) is 12.8 Å². The highest BCUT2D eigenvalue weighted by Crippen LogP contribution is 2.37. The molecule has 0 spiro atoms. The van der Waals surface area contributed by atoms with E-state index in [1.165, 1.54) is 4.90 Å². The molecule has 3 atom stereocenters. The molecule has 2 bridgehead atoms. The Hall–Kier alpha value is -1.63. The zero-order chi connectivity index (χ0) is 18.4. The summed E-state index contributed by atoms with van der Waals surface area (Å²) in [5, 5.41) is 3.44. The molecule has 0 aromatic heterocycles. The molecule has 3 aliphatic heterocycles. The molecular formula is C18H29N3O4. The first-order valence-electron chi connectivity index (χ1n) is 9.23. The number of carbonyl (C=O) groups excluding carboxylic acids is 3. The summed E-state index contributed by atoms with van der Waals surface area (Å²) in [5.41, 5.74) is -0.489. The van der Waals surface area contributed by atoms with Crippen LogP contribution < -0.4 is 5.32 Å². The number of amides is 3. The zero-order valence-electron chi connectivity index (χ0n) is 15.6. The molecule has 0 aliphatic carbocycles. The molecule has 0 saturated carbocycles. The second kappa shape index (κ2) is 6.59. The maximum Gasteiger partial charge on any atom is 0.410 e. The lowest BCUT2D eigenvalue weighted by atomic mass is 9.95. The van der Waals surface area contributed by atoms with E-state index < -0.39 is 5.60 Å². The van der Waals surface area contributed by atoms with Crippen LogP contribution in [0.4, 0.5) is 4.79 Å². The van der Waals surface area contributed by atoms with Gasteiger partial charge in [-0.25, -0.2) is 4.79 Å². The van der Waals surface area contributed by atoms with E-state index in [4.69, 9.17) is 4.74 Å². The van der Waals surface area contributed by atoms with Crippen LogP contribution in [0.1, 0.15) is 59.3 Å². The standard InChI is InChI=1S/C18H29N3O4/c1-18(2,3)25-17(24)21-12-5-6-13(21)10-11(9-12)19-14-7-8-15(22)20(4)16(14)23/h11-14,19H,5-10H2,1-4H3. The quantitative estimate of drug-likeness (QED) is 0.766. The highest BCUT2D eigenvalue weighted by atomic mass is 16.6. The minimum absolute atomic E-state index is 0.108. The van der Waals surface area contributed by atoms with Gasteiger partial charge in [-0.05, 0) is 52.9 Å². The molecule has 1 N–H and O–H groups in total. The number of fused-ring (bicyclic) bond motifs is 2. The molecule has 140 valence electrons. The van der Waals surface area contributed by atoms with E-state index in [0.717, 1.165) is 25.7 Å². The molecule has 3 fully saturated rings. The molecule has 7 heteroatoms. The molecular weight excluding hydrogens is 322 g/mol. The van der Waals surface area contributed by atoms with Crippen molar-refractivity contribution in [1.82, 2.24) is 15.1 Å². The molecule has 0 aromatic rings. The van der Waals surface area contributed by atoms with Crippen LogP contribution in [0.2, 0.25) is 0 Å². The third-order valence-electron chi connectivity index (χ3n) is 5.42. The van der Waals surface area contributed by atoms with Crippen LogP contribution >= 0.6 is 0 Å². The largest absolute Gasteiger partial charge is 0.444 e. The molecule has 25 heavy (non-hydrogen) atoms. The number of hydrogen-bond acceptors (Lipinski definition) is 5. The molecule has 3 unspecified atom stereocenters. The summed E-state index contributed by atoms with van der Waals surface area (Å²) >= 11 is 0. The Balaban J connectivity index is 1.60. The van der Waals surface area contributed by atoms with Crippen molar-refractivity contribution in [3.63, 3.8) is 0 Å². The van der Waals surface area contributed by atoms with Gasteiger partial charge in [0.25, 0.3) is 0 Å². The van der Waals surface area contributed by atoms with Crippen LogP contribution in [-0.2, 0) is 14.3 Å². The second-order valence-corrected chi connectivity index (χ2v) is 8.49. The number of piperidine rings is 2. The summed E-state index contributed by atoms with van der Waals surface area (Å²) in [5.74, 6) is -0.249. The minimum Gasteiger partial charge on any atom is -0.444 e. The van der Waals surface area contributed by atoms with Crippen molar-refractivity contribution >= 4 is 17.9 Å². The summed E-state index contributed by atoms with van der Waals surface area (Å²) in [4.78, 5) is 39.5. The Morgan fingerprint density at radius 3 is 2.28 bits per heavy atom. The van der Waals surface area contributed by atoms with Crippen molar-refractivity contribution in [3.8, 4) is 0 Å². The van der Waals surface area contributed by atoms with Crippen molar-refractivity contribution in [2.24, 2.45) is 0 Å². The lowest BCUT2D eigenvalue weighted by molar-refractivity contribution is -0.148. The topological polar surface area (TPSA) is 79.0 Å². The predicted octanol–water partition coefficient (Wildman–Crippen LogP) is 1.65. The summed E-state index contributed by atoms with van der Waals surface area (Å²) in [7, 11) is 1.55. The molecule has 3 amide bonds. The van der Waals surface area contributed by atoms with Gasteiger partial charge in [-0.3, -0.25) is 14.5 Å². The average molecular weight is 351 g/mol. The molecule has 3 saturated heterocycles. The number of hydrogen-bond donors (Lipinski definition) is 1. The van der Waals surface area contributed by atoms with Crippen molar-refractivity contribution in [2.75, 3.05) is 7.05 Å². The van der Waals surface area contributed by atoms with Gasteiger partial charge >= 0.3 is 6.09 Å². The summed E-state index contributed by atoms with van der Waals surface area (Å²) < 4.78 is 5.55. The van der Waals surface area contributed by atoms with E-state index in [1.807, 2.05) is 25.7 Å². The monoisotopic (exact) mass is 351 g/mol. The van der Waals surface area contributed by atoms with E-state index in [2.05, 4.69) is 5.32 Å². The average Bonchev–Trinajstić information content (AvgIpc) is 2.78. The lowest BCUT2D eigenvalue weighted by Crippen LogP contribution is -2.58. The molecule has 3 heterocycles. The van der Waals surface area contributed by atoms with E-state index >= 15 is 0 Å². The second-order valence-electron chi connectivity index (χ2n) is 8.49. The van der Waals surface area contributed by atoms with E-state index in [9.17, 15) is 14.4 Å². The number of carbonyl (C=O) groups is 3. The summed E-state index contributed by atoms with van der Waals surface area (Å²) in [6.07, 6.45) is 4.37. The van der Waals surface area contributed by atoms with Gasteiger partial charge in [0.15, 0.2) is 0 Å². The molecule has 0 aromatic carbocycles. The number of nitrogens with one attached hydrogen (secondary N) is 1. The van der Waals surface area contributed by atoms with E-state index in [-0.39, 0.29) is 42.1 Å². The SMILES string of the molecule is CN1C(=O)CCC(NC2CC3CCC(C2)N3C(=O)OC(C)(C)C)C1=O. The van der Waals surface area contributed by atoms with E-state index in [1.54, 1.807) is 7.05 Å². The smallest absolute Gasteiger partial charge is 0.410 e. The Kier molecular flexibility index (Phi) is 4.79. The van der Waals surface area contributed by atoms with Crippen LogP contribution in [0, 0.1) is 0 Å². The summed E-state index contributed by atoms with van der Waals surface area (Å²) in [6.45, 7) is 5.65. The van der Waals surface area contributed by atoms with Gasteiger partial charge in [0.1, 0.15) is 5.60 Å².